The van der Waals surface area contributed by atoms with Crippen molar-refractivity contribution in [2.45, 2.75) is 37.5 Å². The predicted molar refractivity (Wildman–Crippen MR) is 109 cm³/mol. The molecule has 0 amide bonds. The summed E-state index contributed by atoms with van der Waals surface area (Å²) in [7, 11) is -3.64. The standard InChI is InChI=1S/C22H25NO2S/c1-5-23(6-2)21-17(4)15-18-9-7-8-10-20(18)22(21)26(24,25)19-13-11-16(3)12-14-19/h7-15H,5-6H2,1-4H3. The topological polar surface area (TPSA) is 37.4 Å². The van der Waals surface area contributed by atoms with Crippen LogP contribution in [0.1, 0.15) is 25.0 Å². The van der Waals surface area contributed by atoms with Crippen LogP contribution < -0.4 is 4.90 Å². The Hall–Kier alpha value is -2.33. The van der Waals surface area contributed by atoms with Gasteiger partial charge in [-0.2, -0.15) is 0 Å². The first-order valence-electron chi connectivity index (χ1n) is 8.99. The van der Waals surface area contributed by atoms with Crippen LogP contribution in [0.4, 0.5) is 5.69 Å². The second kappa shape index (κ2) is 7.12. The molecule has 3 aromatic carbocycles. The third-order valence-corrected chi connectivity index (χ3v) is 6.69. The molecular weight excluding hydrogens is 342 g/mol. The SMILES string of the molecule is CCN(CC)c1c(C)cc2ccccc2c1S(=O)(=O)c1ccc(C)cc1. The molecule has 0 radical (unpaired) electrons. The van der Waals surface area contributed by atoms with E-state index in [9.17, 15) is 8.42 Å². The van der Waals surface area contributed by atoms with E-state index in [-0.39, 0.29) is 0 Å². The molecule has 0 atom stereocenters. The van der Waals surface area contributed by atoms with E-state index in [0.29, 0.717) is 9.79 Å². The Labute approximate surface area is 156 Å². The lowest BCUT2D eigenvalue weighted by Gasteiger charge is -2.27. The van der Waals surface area contributed by atoms with Crippen LogP contribution in [0.15, 0.2) is 64.4 Å². The molecule has 4 heteroatoms. The zero-order chi connectivity index (χ0) is 18.9. The first-order chi connectivity index (χ1) is 12.4. The summed E-state index contributed by atoms with van der Waals surface area (Å²) in [6.07, 6.45) is 0. The van der Waals surface area contributed by atoms with Gasteiger partial charge in [0.1, 0.15) is 4.90 Å². The molecule has 0 aliphatic carbocycles. The Morgan fingerprint density at radius 2 is 1.50 bits per heavy atom. The van der Waals surface area contributed by atoms with Gasteiger partial charge in [-0.15, -0.1) is 0 Å². The Kier molecular flexibility index (Phi) is 5.05. The average Bonchev–Trinajstić information content (AvgIpc) is 2.63. The van der Waals surface area contributed by atoms with Crippen molar-refractivity contribution in [2.24, 2.45) is 0 Å². The average molecular weight is 368 g/mol. The summed E-state index contributed by atoms with van der Waals surface area (Å²) in [5, 5.41) is 1.73. The Morgan fingerprint density at radius 3 is 2.12 bits per heavy atom. The minimum absolute atomic E-state index is 0.340. The summed E-state index contributed by atoms with van der Waals surface area (Å²) in [6, 6.07) is 16.9. The van der Waals surface area contributed by atoms with Crippen molar-refractivity contribution in [3.63, 3.8) is 0 Å². The maximum absolute atomic E-state index is 13.6. The number of hydrogen-bond acceptors (Lipinski definition) is 3. The van der Waals surface area contributed by atoms with Crippen LogP contribution in [0, 0.1) is 13.8 Å². The van der Waals surface area contributed by atoms with Gasteiger partial charge in [0.2, 0.25) is 9.84 Å². The van der Waals surface area contributed by atoms with Gasteiger partial charge in [0, 0.05) is 18.5 Å². The highest BCUT2D eigenvalue weighted by Gasteiger charge is 2.27. The quantitative estimate of drug-likeness (QED) is 0.627. The molecule has 3 aromatic rings. The third kappa shape index (κ3) is 3.10. The molecule has 0 aliphatic rings. The molecule has 26 heavy (non-hydrogen) atoms. The second-order valence-corrected chi connectivity index (χ2v) is 8.47. The number of benzene rings is 3. The van der Waals surface area contributed by atoms with Crippen LogP contribution in [0.5, 0.6) is 0 Å². The van der Waals surface area contributed by atoms with Crippen LogP contribution in [-0.2, 0) is 9.84 Å². The van der Waals surface area contributed by atoms with E-state index >= 15 is 0 Å². The zero-order valence-corrected chi connectivity index (χ0v) is 16.6. The van der Waals surface area contributed by atoms with Crippen molar-refractivity contribution >= 4 is 26.3 Å². The molecule has 136 valence electrons. The fourth-order valence-corrected chi connectivity index (χ4v) is 5.23. The highest BCUT2D eigenvalue weighted by atomic mass is 32.2. The van der Waals surface area contributed by atoms with Crippen LogP contribution >= 0.6 is 0 Å². The molecule has 0 unspecified atom stereocenters. The molecule has 3 nitrogen and oxygen atoms in total. The van der Waals surface area contributed by atoms with Crippen molar-refractivity contribution in [3.8, 4) is 0 Å². The van der Waals surface area contributed by atoms with E-state index in [1.165, 1.54) is 0 Å². The van der Waals surface area contributed by atoms with E-state index in [0.717, 1.165) is 40.7 Å². The van der Waals surface area contributed by atoms with Gasteiger partial charge in [0.15, 0.2) is 0 Å². The van der Waals surface area contributed by atoms with Gasteiger partial charge in [-0.05, 0) is 56.8 Å². The number of anilines is 1. The van der Waals surface area contributed by atoms with Crippen LogP contribution in [-0.4, -0.2) is 21.5 Å². The number of sulfone groups is 1. The Balaban J connectivity index is 2.42. The molecule has 0 heterocycles. The second-order valence-electron chi connectivity index (χ2n) is 6.58. The highest BCUT2D eigenvalue weighted by molar-refractivity contribution is 7.92. The number of hydrogen-bond donors (Lipinski definition) is 0. The monoisotopic (exact) mass is 367 g/mol. The van der Waals surface area contributed by atoms with Gasteiger partial charge in [-0.1, -0.05) is 42.0 Å². The molecule has 3 rings (SSSR count). The molecule has 0 saturated carbocycles. The van der Waals surface area contributed by atoms with Gasteiger partial charge in [0.25, 0.3) is 0 Å². The summed E-state index contributed by atoms with van der Waals surface area (Å²) in [6.45, 7) is 9.58. The third-order valence-electron chi connectivity index (χ3n) is 4.85. The first kappa shape index (κ1) is 18.5. The van der Waals surface area contributed by atoms with Crippen LogP contribution in [0.2, 0.25) is 0 Å². The Bertz CT molecular complexity index is 1030. The molecule has 0 fully saturated rings. The molecular formula is C22H25NO2S. The van der Waals surface area contributed by atoms with Crippen molar-refractivity contribution in [1.29, 1.82) is 0 Å². The molecule has 0 bridgehead atoms. The molecule has 0 aliphatic heterocycles. The first-order valence-corrected chi connectivity index (χ1v) is 10.5. The number of nitrogens with zero attached hydrogens (tertiary/aromatic N) is 1. The van der Waals surface area contributed by atoms with Gasteiger partial charge in [0.05, 0.1) is 10.6 Å². The lowest BCUT2D eigenvalue weighted by Crippen LogP contribution is -2.25. The van der Waals surface area contributed by atoms with E-state index < -0.39 is 9.84 Å². The maximum Gasteiger partial charge on any atom is 0.209 e. The van der Waals surface area contributed by atoms with Gasteiger partial charge in [-0.25, -0.2) is 8.42 Å². The fourth-order valence-electron chi connectivity index (χ4n) is 3.48. The molecule has 0 N–H and O–H groups in total. The lowest BCUT2D eigenvalue weighted by molar-refractivity contribution is 0.596. The van der Waals surface area contributed by atoms with Gasteiger partial charge in [-0.3, -0.25) is 0 Å². The number of rotatable bonds is 5. The van der Waals surface area contributed by atoms with Crippen molar-refractivity contribution in [3.05, 3.63) is 65.7 Å². The maximum atomic E-state index is 13.6. The predicted octanol–water partition coefficient (Wildman–Crippen LogP) is 5.14. The minimum Gasteiger partial charge on any atom is -0.371 e. The summed E-state index contributed by atoms with van der Waals surface area (Å²) < 4.78 is 27.3. The van der Waals surface area contributed by atoms with Crippen molar-refractivity contribution in [1.82, 2.24) is 0 Å². The summed E-state index contributed by atoms with van der Waals surface area (Å²) >= 11 is 0. The Morgan fingerprint density at radius 1 is 0.885 bits per heavy atom. The minimum atomic E-state index is -3.64. The van der Waals surface area contributed by atoms with Gasteiger partial charge >= 0.3 is 0 Å². The summed E-state index contributed by atoms with van der Waals surface area (Å²) in [5.41, 5.74) is 2.84. The smallest absolute Gasteiger partial charge is 0.209 e. The summed E-state index contributed by atoms with van der Waals surface area (Å²) in [5.74, 6) is 0. The highest BCUT2D eigenvalue weighted by Crippen LogP contribution is 2.39. The van der Waals surface area contributed by atoms with Gasteiger partial charge < -0.3 is 4.90 Å². The van der Waals surface area contributed by atoms with Crippen molar-refractivity contribution in [2.75, 3.05) is 18.0 Å². The van der Waals surface area contributed by atoms with Crippen molar-refractivity contribution < 1.29 is 8.42 Å². The number of aryl methyl sites for hydroxylation is 2. The van der Waals surface area contributed by atoms with Crippen LogP contribution in [0.3, 0.4) is 0 Å². The molecule has 0 spiro atoms. The normalized spacial score (nSPS) is 11.7. The largest absolute Gasteiger partial charge is 0.371 e. The molecule has 0 aromatic heterocycles. The lowest BCUT2D eigenvalue weighted by atomic mass is 10.0. The fraction of sp³-hybridized carbons (Fsp3) is 0.273. The molecule has 0 saturated heterocycles. The summed E-state index contributed by atoms with van der Waals surface area (Å²) in [4.78, 5) is 2.89. The number of fused-ring (bicyclic) bond motifs is 1. The zero-order valence-electron chi connectivity index (χ0n) is 15.8. The van der Waals surface area contributed by atoms with Crippen LogP contribution in [0.25, 0.3) is 10.8 Å². The van der Waals surface area contributed by atoms with E-state index in [1.54, 1.807) is 12.1 Å². The van der Waals surface area contributed by atoms with E-state index in [1.807, 2.05) is 50.2 Å². The van der Waals surface area contributed by atoms with E-state index in [2.05, 4.69) is 24.8 Å². The van der Waals surface area contributed by atoms with E-state index in [4.69, 9.17) is 0 Å².